The van der Waals surface area contributed by atoms with Crippen LogP contribution in [0, 0.1) is 0 Å². The average molecular weight is 228 g/mol. The van der Waals surface area contributed by atoms with Gasteiger partial charge in [-0.3, -0.25) is 0 Å². The third-order valence-corrected chi connectivity index (χ3v) is 5.38. The van der Waals surface area contributed by atoms with Gasteiger partial charge in [0.25, 0.3) is 0 Å². The third kappa shape index (κ3) is 3.11. The van der Waals surface area contributed by atoms with Gasteiger partial charge in [-0.05, 0) is 38.5 Å². The minimum atomic E-state index is 0.567. The van der Waals surface area contributed by atoms with Crippen LogP contribution >= 0.6 is 11.8 Å². The number of nitrogens with one attached hydrogen (secondary N) is 2. The highest BCUT2D eigenvalue weighted by atomic mass is 32.2. The minimum absolute atomic E-state index is 0.567. The van der Waals surface area contributed by atoms with Gasteiger partial charge in [-0.25, -0.2) is 0 Å². The molecule has 3 heteroatoms. The molecule has 2 rings (SSSR count). The van der Waals surface area contributed by atoms with Crippen LogP contribution in [0.1, 0.15) is 38.5 Å². The van der Waals surface area contributed by atoms with Crippen LogP contribution in [0.5, 0.6) is 0 Å². The monoisotopic (exact) mass is 228 g/mol. The summed E-state index contributed by atoms with van der Waals surface area (Å²) in [6.07, 6.45) is 10.7. The summed E-state index contributed by atoms with van der Waals surface area (Å²) in [5.41, 5.74) is 0. The predicted octanol–water partition coefficient (Wildman–Crippen LogP) is 2.00. The van der Waals surface area contributed by atoms with Crippen LogP contribution in [0.4, 0.5) is 0 Å². The average Bonchev–Trinajstić information content (AvgIpc) is 2.77. The molecule has 1 aliphatic heterocycles. The van der Waals surface area contributed by atoms with Gasteiger partial charge >= 0.3 is 0 Å². The van der Waals surface area contributed by atoms with Gasteiger partial charge in [0.2, 0.25) is 0 Å². The van der Waals surface area contributed by atoms with Crippen molar-refractivity contribution in [3.8, 4) is 0 Å². The molecular weight excluding hydrogens is 204 g/mol. The summed E-state index contributed by atoms with van der Waals surface area (Å²) >= 11 is 2.09. The standard InChI is InChI=1S/C12H24N2S/c1-15-12(6-2-3-7-12)10-14-11-5-4-8-13-9-11/h11,13-14H,2-10H2,1H3. The van der Waals surface area contributed by atoms with Crippen molar-refractivity contribution in [2.75, 3.05) is 25.9 Å². The zero-order valence-electron chi connectivity index (χ0n) is 9.85. The smallest absolute Gasteiger partial charge is 0.0281 e. The van der Waals surface area contributed by atoms with Crippen molar-refractivity contribution in [3.05, 3.63) is 0 Å². The molecule has 2 aliphatic rings. The number of hydrogen-bond acceptors (Lipinski definition) is 3. The maximum Gasteiger partial charge on any atom is 0.0281 e. The van der Waals surface area contributed by atoms with E-state index in [1.54, 1.807) is 0 Å². The second kappa shape index (κ2) is 5.55. The Kier molecular flexibility index (Phi) is 4.35. The first kappa shape index (κ1) is 11.7. The molecule has 0 bridgehead atoms. The fourth-order valence-corrected chi connectivity index (χ4v) is 3.75. The Labute approximate surface area is 98.0 Å². The molecule has 1 aliphatic carbocycles. The molecule has 0 spiro atoms. The Morgan fingerprint density at radius 3 is 2.73 bits per heavy atom. The maximum absolute atomic E-state index is 3.77. The van der Waals surface area contributed by atoms with Gasteiger partial charge in [0.15, 0.2) is 0 Å². The number of hydrogen-bond donors (Lipinski definition) is 2. The second-order valence-electron chi connectivity index (χ2n) is 5.02. The molecule has 2 nitrogen and oxygen atoms in total. The highest BCUT2D eigenvalue weighted by molar-refractivity contribution is 8.00. The van der Waals surface area contributed by atoms with E-state index < -0.39 is 0 Å². The van der Waals surface area contributed by atoms with E-state index in [1.807, 2.05) is 0 Å². The molecule has 0 amide bonds. The summed E-state index contributed by atoms with van der Waals surface area (Å²) in [4.78, 5) is 0. The van der Waals surface area contributed by atoms with Gasteiger partial charge in [-0.2, -0.15) is 11.8 Å². The highest BCUT2D eigenvalue weighted by Gasteiger charge is 2.33. The molecule has 2 N–H and O–H groups in total. The summed E-state index contributed by atoms with van der Waals surface area (Å²) in [7, 11) is 0. The van der Waals surface area contributed by atoms with E-state index in [-0.39, 0.29) is 0 Å². The lowest BCUT2D eigenvalue weighted by molar-refractivity contribution is 0.372. The van der Waals surface area contributed by atoms with Gasteiger partial charge in [0.05, 0.1) is 0 Å². The topological polar surface area (TPSA) is 24.1 Å². The first-order valence-electron chi connectivity index (χ1n) is 6.34. The molecule has 15 heavy (non-hydrogen) atoms. The van der Waals surface area contributed by atoms with E-state index in [9.17, 15) is 0 Å². The zero-order valence-corrected chi connectivity index (χ0v) is 10.7. The van der Waals surface area contributed by atoms with Crippen molar-refractivity contribution >= 4 is 11.8 Å². The summed E-state index contributed by atoms with van der Waals surface area (Å²) < 4.78 is 0.567. The number of piperidine rings is 1. The van der Waals surface area contributed by atoms with Crippen LogP contribution in [-0.4, -0.2) is 36.7 Å². The molecule has 1 heterocycles. The Morgan fingerprint density at radius 1 is 1.33 bits per heavy atom. The van der Waals surface area contributed by atoms with Crippen molar-refractivity contribution in [1.82, 2.24) is 10.6 Å². The van der Waals surface area contributed by atoms with Gasteiger partial charge in [-0.15, -0.1) is 0 Å². The fourth-order valence-electron chi connectivity index (χ4n) is 2.83. The van der Waals surface area contributed by atoms with E-state index in [1.165, 1.54) is 58.2 Å². The van der Waals surface area contributed by atoms with Crippen LogP contribution in [-0.2, 0) is 0 Å². The molecule has 0 aromatic heterocycles. The van der Waals surface area contributed by atoms with Crippen molar-refractivity contribution in [2.24, 2.45) is 0 Å². The van der Waals surface area contributed by atoms with E-state index in [2.05, 4.69) is 28.7 Å². The van der Waals surface area contributed by atoms with E-state index in [0.717, 1.165) is 6.04 Å². The number of rotatable bonds is 4. The lowest BCUT2D eigenvalue weighted by atomic mass is 10.0. The molecule has 0 aromatic carbocycles. The van der Waals surface area contributed by atoms with Crippen LogP contribution in [0.3, 0.4) is 0 Å². The largest absolute Gasteiger partial charge is 0.315 e. The Hall–Kier alpha value is 0.270. The first-order chi connectivity index (χ1) is 7.35. The quantitative estimate of drug-likeness (QED) is 0.769. The predicted molar refractivity (Wildman–Crippen MR) is 68.6 cm³/mol. The molecule has 0 aromatic rings. The third-order valence-electron chi connectivity index (χ3n) is 3.96. The van der Waals surface area contributed by atoms with Crippen molar-refractivity contribution in [1.29, 1.82) is 0 Å². The van der Waals surface area contributed by atoms with Gasteiger partial charge in [0, 0.05) is 23.9 Å². The molecule has 1 saturated heterocycles. The molecule has 88 valence electrons. The SMILES string of the molecule is CSC1(CNC2CCCNC2)CCCC1. The molecule has 1 atom stereocenters. The van der Waals surface area contributed by atoms with Crippen molar-refractivity contribution in [2.45, 2.75) is 49.3 Å². The normalized spacial score (nSPS) is 30.6. The zero-order chi connectivity index (χ0) is 10.6. The van der Waals surface area contributed by atoms with Gasteiger partial charge < -0.3 is 10.6 Å². The second-order valence-corrected chi connectivity index (χ2v) is 6.29. The van der Waals surface area contributed by atoms with E-state index >= 15 is 0 Å². The molecule has 0 radical (unpaired) electrons. The summed E-state index contributed by atoms with van der Waals surface area (Å²) in [5, 5.41) is 7.24. The first-order valence-corrected chi connectivity index (χ1v) is 7.56. The Morgan fingerprint density at radius 2 is 2.13 bits per heavy atom. The molecule has 1 unspecified atom stereocenters. The van der Waals surface area contributed by atoms with Crippen LogP contribution in [0.15, 0.2) is 0 Å². The Bertz CT molecular complexity index is 184. The minimum Gasteiger partial charge on any atom is -0.315 e. The van der Waals surface area contributed by atoms with Crippen LogP contribution < -0.4 is 10.6 Å². The fraction of sp³-hybridized carbons (Fsp3) is 1.00. The lowest BCUT2D eigenvalue weighted by Gasteiger charge is -2.31. The number of thioether (sulfide) groups is 1. The van der Waals surface area contributed by atoms with E-state index in [4.69, 9.17) is 0 Å². The highest BCUT2D eigenvalue weighted by Crippen LogP contribution is 2.39. The van der Waals surface area contributed by atoms with Crippen LogP contribution in [0.2, 0.25) is 0 Å². The van der Waals surface area contributed by atoms with E-state index in [0.29, 0.717) is 4.75 Å². The van der Waals surface area contributed by atoms with Gasteiger partial charge in [0.1, 0.15) is 0 Å². The van der Waals surface area contributed by atoms with Crippen molar-refractivity contribution < 1.29 is 0 Å². The van der Waals surface area contributed by atoms with Crippen LogP contribution in [0.25, 0.3) is 0 Å². The lowest BCUT2D eigenvalue weighted by Crippen LogP contribution is -2.47. The summed E-state index contributed by atoms with van der Waals surface area (Å²) in [6, 6.07) is 0.725. The summed E-state index contributed by atoms with van der Waals surface area (Å²) in [6.45, 7) is 3.61. The Balaban J connectivity index is 1.75. The maximum atomic E-state index is 3.77. The van der Waals surface area contributed by atoms with Crippen molar-refractivity contribution in [3.63, 3.8) is 0 Å². The van der Waals surface area contributed by atoms with Gasteiger partial charge in [-0.1, -0.05) is 12.8 Å². The molecular formula is C12H24N2S. The molecule has 2 fully saturated rings. The molecule has 1 saturated carbocycles. The summed E-state index contributed by atoms with van der Waals surface area (Å²) in [5.74, 6) is 0.